The molecule has 8 aromatic carbocycles. The molecular formula is C52H38N2. The molecule has 2 heteroatoms. The zero-order valence-electron chi connectivity index (χ0n) is 30.6. The molecule has 54 heavy (non-hydrogen) atoms. The van der Waals surface area contributed by atoms with Gasteiger partial charge in [0.05, 0.1) is 22.1 Å². The molecule has 0 radical (unpaired) electrons. The van der Waals surface area contributed by atoms with E-state index in [0.29, 0.717) is 0 Å². The second-order valence-electron chi connectivity index (χ2n) is 15.4. The molecular weight excluding hydrogens is 653 g/mol. The van der Waals surface area contributed by atoms with E-state index in [-0.39, 0.29) is 0 Å². The van der Waals surface area contributed by atoms with Gasteiger partial charge in [-0.25, -0.2) is 0 Å². The molecule has 0 saturated carbocycles. The Balaban J connectivity index is 1.25. The highest BCUT2D eigenvalue weighted by Gasteiger charge is 2.29. The highest BCUT2D eigenvalue weighted by Crippen LogP contribution is 2.50. The van der Waals surface area contributed by atoms with Gasteiger partial charge in [-0.15, -0.1) is 0 Å². The lowest BCUT2D eigenvalue weighted by Crippen LogP contribution is -2.09. The van der Waals surface area contributed by atoms with E-state index < -0.39 is 0 Å². The van der Waals surface area contributed by atoms with Crippen molar-refractivity contribution in [3.8, 4) is 44.5 Å². The number of fused-ring (bicyclic) bond motifs is 11. The summed E-state index contributed by atoms with van der Waals surface area (Å²) in [7, 11) is 0. The van der Waals surface area contributed by atoms with Gasteiger partial charge in [0.2, 0.25) is 0 Å². The highest BCUT2D eigenvalue weighted by atomic mass is 15.0. The Morgan fingerprint density at radius 2 is 0.741 bits per heavy atom. The molecule has 12 rings (SSSR count). The zero-order chi connectivity index (χ0) is 35.7. The number of rotatable bonds is 4. The lowest BCUT2D eigenvalue weighted by Gasteiger charge is -2.23. The molecule has 2 nitrogen and oxygen atoms in total. The van der Waals surface area contributed by atoms with Crippen LogP contribution >= 0.6 is 0 Å². The van der Waals surface area contributed by atoms with Crippen LogP contribution in [0, 0.1) is 0 Å². The van der Waals surface area contributed by atoms with Crippen LogP contribution in [0.2, 0.25) is 0 Å². The van der Waals surface area contributed by atoms with Crippen LogP contribution in [0.1, 0.15) is 36.1 Å². The summed E-state index contributed by atoms with van der Waals surface area (Å²) in [6.45, 7) is 6.50. The summed E-state index contributed by atoms with van der Waals surface area (Å²) in [5.41, 5.74) is 21.7. The highest BCUT2D eigenvalue weighted by molar-refractivity contribution is 6.24. The summed E-state index contributed by atoms with van der Waals surface area (Å²) in [5, 5.41) is 8.28. The van der Waals surface area contributed by atoms with Crippen molar-refractivity contribution in [1.82, 2.24) is 9.13 Å². The SMILES string of the molecule is CCc1c2cc3c4cc(-c5ccccc5)cc5c4n(c3c(CC)c2cc2c3cc(-c4ccccc4)cc4c3n(c12)Cc1ccccc1-4)Cc1ccccc1-5. The minimum atomic E-state index is 0.886. The Morgan fingerprint density at radius 3 is 1.17 bits per heavy atom. The predicted molar refractivity (Wildman–Crippen MR) is 229 cm³/mol. The molecule has 0 amide bonds. The first-order valence-electron chi connectivity index (χ1n) is 19.5. The number of hydrogen-bond donors (Lipinski definition) is 0. The molecule has 2 aliphatic heterocycles. The van der Waals surface area contributed by atoms with Crippen LogP contribution in [0.25, 0.3) is 98.9 Å². The predicted octanol–water partition coefficient (Wildman–Crippen LogP) is 13.6. The van der Waals surface area contributed by atoms with Crippen LogP contribution in [-0.4, -0.2) is 9.13 Å². The normalized spacial score (nSPS) is 13.0. The van der Waals surface area contributed by atoms with Gasteiger partial charge in [0.1, 0.15) is 0 Å². The number of aromatic nitrogens is 2. The number of hydrogen-bond acceptors (Lipinski definition) is 0. The van der Waals surface area contributed by atoms with E-state index in [9.17, 15) is 0 Å². The van der Waals surface area contributed by atoms with Crippen molar-refractivity contribution in [1.29, 1.82) is 0 Å². The third kappa shape index (κ3) is 3.95. The minimum Gasteiger partial charge on any atom is -0.335 e. The van der Waals surface area contributed by atoms with Crippen LogP contribution in [0.5, 0.6) is 0 Å². The van der Waals surface area contributed by atoms with Crippen molar-refractivity contribution in [2.45, 2.75) is 39.8 Å². The van der Waals surface area contributed by atoms with Gasteiger partial charge in [-0.05, 0) is 116 Å². The van der Waals surface area contributed by atoms with Gasteiger partial charge < -0.3 is 9.13 Å². The van der Waals surface area contributed by atoms with Gasteiger partial charge in [0, 0.05) is 45.8 Å². The maximum atomic E-state index is 2.66. The van der Waals surface area contributed by atoms with Crippen LogP contribution in [0.4, 0.5) is 0 Å². The van der Waals surface area contributed by atoms with E-state index in [1.165, 1.54) is 121 Å². The zero-order valence-corrected chi connectivity index (χ0v) is 30.6. The van der Waals surface area contributed by atoms with Crippen molar-refractivity contribution in [3.63, 3.8) is 0 Å². The van der Waals surface area contributed by atoms with E-state index in [1.807, 2.05) is 0 Å². The monoisotopic (exact) mass is 690 g/mol. The summed E-state index contributed by atoms with van der Waals surface area (Å²) in [4.78, 5) is 0. The summed E-state index contributed by atoms with van der Waals surface area (Å²) >= 11 is 0. The van der Waals surface area contributed by atoms with Crippen molar-refractivity contribution in [3.05, 3.63) is 168 Å². The van der Waals surface area contributed by atoms with Gasteiger partial charge in [0.25, 0.3) is 0 Å². The Bertz CT molecular complexity index is 2990. The van der Waals surface area contributed by atoms with Crippen molar-refractivity contribution < 1.29 is 0 Å². The first-order valence-corrected chi connectivity index (χ1v) is 19.5. The van der Waals surface area contributed by atoms with E-state index in [0.717, 1.165) is 25.9 Å². The molecule has 256 valence electrons. The molecule has 4 heterocycles. The molecule has 0 fully saturated rings. The summed E-state index contributed by atoms with van der Waals surface area (Å²) in [6, 6.07) is 54.9. The topological polar surface area (TPSA) is 9.86 Å². The van der Waals surface area contributed by atoms with Crippen LogP contribution in [-0.2, 0) is 25.9 Å². The average Bonchev–Trinajstić information content (AvgIpc) is 3.72. The van der Waals surface area contributed by atoms with Crippen molar-refractivity contribution >= 4 is 54.4 Å². The summed E-state index contributed by atoms with van der Waals surface area (Å²) in [5.74, 6) is 0. The summed E-state index contributed by atoms with van der Waals surface area (Å²) < 4.78 is 5.32. The number of benzene rings is 8. The molecule has 0 spiro atoms. The quantitative estimate of drug-likeness (QED) is 0.174. The Morgan fingerprint density at radius 1 is 0.352 bits per heavy atom. The molecule has 0 bridgehead atoms. The maximum absolute atomic E-state index is 2.66. The molecule has 0 unspecified atom stereocenters. The Labute approximate surface area is 314 Å². The average molecular weight is 691 g/mol. The third-order valence-corrected chi connectivity index (χ3v) is 12.7. The van der Waals surface area contributed by atoms with Crippen LogP contribution in [0.3, 0.4) is 0 Å². The van der Waals surface area contributed by atoms with E-state index >= 15 is 0 Å². The first-order chi connectivity index (χ1) is 26.7. The smallest absolute Gasteiger partial charge is 0.0574 e. The lowest BCUT2D eigenvalue weighted by atomic mass is 9.90. The first kappa shape index (κ1) is 30.1. The molecule has 0 saturated heterocycles. The maximum Gasteiger partial charge on any atom is 0.0574 e. The number of nitrogens with zero attached hydrogens (tertiary/aromatic N) is 2. The molecule has 0 aliphatic carbocycles. The van der Waals surface area contributed by atoms with Crippen LogP contribution < -0.4 is 0 Å². The molecule has 2 aliphatic rings. The second kappa shape index (κ2) is 11.1. The van der Waals surface area contributed by atoms with Gasteiger partial charge >= 0.3 is 0 Å². The minimum absolute atomic E-state index is 0.886. The third-order valence-electron chi connectivity index (χ3n) is 12.7. The van der Waals surface area contributed by atoms with E-state index in [4.69, 9.17) is 0 Å². The van der Waals surface area contributed by atoms with Gasteiger partial charge in [-0.1, -0.05) is 123 Å². The largest absolute Gasteiger partial charge is 0.335 e. The summed E-state index contributed by atoms with van der Waals surface area (Å²) in [6.07, 6.45) is 1.93. The Hall–Kier alpha value is -6.38. The fourth-order valence-electron chi connectivity index (χ4n) is 10.4. The molecule has 0 N–H and O–H groups in total. The standard InChI is InChI=1S/C52H38N2/c1-3-37-41-27-48-46-26-36(32-17-9-6-10-18-32)24-44-40-22-14-12-20-34(40)30-54(52(44)46)50(48)38(4-2)42(41)28-47-45-25-35(31-15-7-5-8-16-31)23-43-39-21-13-11-19-33(39)29-53(49(37)47)51(43)45/h5-28H,3-4,29-30H2,1-2H3. The lowest BCUT2D eigenvalue weighted by molar-refractivity contribution is 0.854. The van der Waals surface area contributed by atoms with Gasteiger partial charge in [-0.2, -0.15) is 0 Å². The molecule has 10 aromatic rings. The van der Waals surface area contributed by atoms with Crippen LogP contribution in [0.15, 0.2) is 146 Å². The van der Waals surface area contributed by atoms with E-state index in [2.05, 4.69) is 169 Å². The molecule has 2 aromatic heterocycles. The number of aryl methyl sites for hydroxylation is 2. The van der Waals surface area contributed by atoms with Gasteiger partial charge in [0.15, 0.2) is 0 Å². The molecule has 0 atom stereocenters. The second-order valence-corrected chi connectivity index (χ2v) is 15.4. The fourth-order valence-corrected chi connectivity index (χ4v) is 10.4. The Kier molecular flexibility index (Phi) is 6.17. The van der Waals surface area contributed by atoms with E-state index in [1.54, 1.807) is 0 Å². The van der Waals surface area contributed by atoms with Crippen molar-refractivity contribution in [2.75, 3.05) is 0 Å². The van der Waals surface area contributed by atoms with Gasteiger partial charge in [-0.3, -0.25) is 0 Å². The fraction of sp³-hybridized carbons (Fsp3) is 0.115. The van der Waals surface area contributed by atoms with Crippen molar-refractivity contribution in [2.24, 2.45) is 0 Å².